The van der Waals surface area contributed by atoms with Crippen LogP contribution in [0.4, 0.5) is 0 Å². The van der Waals surface area contributed by atoms with Gasteiger partial charge >= 0.3 is 0 Å². The topological polar surface area (TPSA) is 75.1 Å². The molecule has 0 bridgehead atoms. The SMILES string of the molecule is CN=C(NCCOCc1cccc(OC)c1)NCC(O)c1cc2ccccc2s1. The predicted octanol–water partition coefficient (Wildman–Crippen LogP) is 3.33. The van der Waals surface area contributed by atoms with Crippen LogP contribution in [0.2, 0.25) is 0 Å². The van der Waals surface area contributed by atoms with Crippen molar-refractivity contribution in [2.45, 2.75) is 12.7 Å². The number of rotatable bonds is 9. The number of aliphatic hydroxyl groups excluding tert-OH is 1. The fourth-order valence-corrected chi connectivity index (χ4v) is 3.93. The van der Waals surface area contributed by atoms with Gasteiger partial charge in [-0.25, -0.2) is 0 Å². The molecule has 1 unspecified atom stereocenters. The minimum absolute atomic E-state index is 0.386. The van der Waals surface area contributed by atoms with Crippen LogP contribution in [0.1, 0.15) is 16.5 Å². The first-order valence-corrected chi connectivity index (χ1v) is 10.3. The molecular weight excluding hydrogens is 386 g/mol. The molecule has 3 rings (SSSR count). The third kappa shape index (κ3) is 6.19. The highest BCUT2D eigenvalue weighted by Crippen LogP contribution is 2.29. The van der Waals surface area contributed by atoms with Crippen molar-refractivity contribution in [3.63, 3.8) is 0 Å². The van der Waals surface area contributed by atoms with Crippen molar-refractivity contribution in [2.75, 3.05) is 33.9 Å². The maximum absolute atomic E-state index is 10.5. The molecule has 6 nitrogen and oxygen atoms in total. The molecular formula is C22H27N3O3S. The molecule has 3 N–H and O–H groups in total. The number of methoxy groups -OCH3 is 1. The monoisotopic (exact) mass is 413 g/mol. The number of nitrogens with one attached hydrogen (secondary N) is 2. The largest absolute Gasteiger partial charge is 0.497 e. The molecule has 0 radical (unpaired) electrons. The second kappa shape index (κ2) is 10.8. The average molecular weight is 414 g/mol. The molecule has 1 heterocycles. The molecule has 0 aliphatic rings. The summed E-state index contributed by atoms with van der Waals surface area (Å²) in [5.41, 5.74) is 1.07. The number of ether oxygens (including phenoxy) is 2. The number of aliphatic hydroxyl groups is 1. The number of hydrogen-bond donors (Lipinski definition) is 3. The van der Waals surface area contributed by atoms with Crippen LogP contribution >= 0.6 is 11.3 Å². The summed E-state index contributed by atoms with van der Waals surface area (Å²) in [5, 5.41) is 18.0. The molecule has 0 aliphatic carbocycles. The second-order valence-electron chi connectivity index (χ2n) is 6.49. The van der Waals surface area contributed by atoms with Gasteiger partial charge in [0.2, 0.25) is 0 Å². The van der Waals surface area contributed by atoms with E-state index in [4.69, 9.17) is 9.47 Å². The first kappa shape index (κ1) is 21.1. The summed E-state index contributed by atoms with van der Waals surface area (Å²) in [4.78, 5) is 5.13. The van der Waals surface area contributed by atoms with Crippen molar-refractivity contribution in [2.24, 2.45) is 4.99 Å². The third-order valence-corrected chi connectivity index (χ3v) is 5.62. The van der Waals surface area contributed by atoms with E-state index in [-0.39, 0.29) is 0 Å². The maximum Gasteiger partial charge on any atom is 0.191 e. The number of fused-ring (bicyclic) bond motifs is 1. The summed E-state index contributed by atoms with van der Waals surface area (Å²) in [6.07, 6.45) is -0.588. The summed E-state index contributed by atoms with van der Waals surface area (Å²) >= 11 is 1.61. The van der Waals surface area contributed by atoms with Crippen LogP contribution in [0, 0.1) is 0 Å². The quantitative estimate of drug-likeness (QED) is 0.285. The second-order valence-corrected chi connectivity index (χ2v) is 7.60. The Kier molecular flexibility index (Phi) is 7.86. The van der Waals surface area contributed by atoms with Gasteiger partial charge in [-0.2, -0.15) is 0 Å². The van der Waals surface area contributed by atoms with Crippen molar-refractivity contribution in [1.29, 1.82) is 0 Å². The Morgan fingerprint density at radius 3 is 2.79 bits per heavy atom. The maximum atomic E-state index is 10.5. The van der Waals surface area contributed by atoms with Gasteiger partial charge in [-0.15, -0.1) is 11.3 Å². The lowest BCUT2D eigenvalue weighted by Crippen LogP contribution is -2.40. The van der Waals surface area contributed by atoms with Gasteiger partial charge in [-0.05, 0) is 35.2 Å². The van der Waals surface area contributed by atoms with Crippen molar-refractivity contribution in [1.82, 2.24) is 10.6 Å². The zero-order chi connectivity index (χ0) is 20.5. The number of aliphatic imine (C=N–C) groups is 1. The summed E-state index contributed by atoms with van der Waals surface area (Å²) in [5.74, 6) is 1.46. The lowest BCUT2D eigenvalue weighted by atomic mass is 10.2. The van der Waals surface area contributed by atoms with E-state index in [2.05, 4.69) is 27.8 Å². The highest BCUT2D eigenvalue weighted by Gasteiger charge is 2.12. The summed E-state index contributed by atoms with van der Waals surface area (Å²) in [7, 11) is 3.36. The predicted molar refractivity (Wildman–Crippen MR) is 119 cm³/mol. The van der Waals surface area contributed by atoms with Gasteiger partial charge < -0.3 is 25.2 Å². The van der Waals surface area contributed by atoms with Gasteiger partial charge in [0.05, 0.1) is 20.3 Å². The van der Waals surface area contributed by atoms with E-state index in [0.717, 1.165) is 21.6 Å². The van der Waals surface area contributed by atoms with Gasteiger partial charge in [0.15, 0.2) is 5.96 Å². The highest BCUT2D eigenvalue weighted by molar-refractivity contribution is 7.19. The van der Waals surface area contributed by atoms with Crippen LogP contribution < -0.4 is 15.4 Å². The Morgan fingerprint density at radius 1 is 1.14 bits per heavy atom. The average Bonchev–Trinajstić information content (AvgIpc) is 3.20. The standard InChI is InChI=1S/C22H27N3O3S/c1-23-22(24-10-11-28-15-16-6-5-8-18(12-16)27-2)25-14-19(26)21-13-17-7-3-4-9-20(17)29-21/h3-9,12-13,19,26H,10-11,14-15H2,1-2H3,(H2,23,24,25). The van der Waals surface area contributed by atoms with Crippen LogP contribution in [-0.2, 0) is 11.3 Å². The molecule has 154 valence electrons. The van der Waals surface area contributed by atoms with Gasteiger partial charge in [0.1, 0.15) is 11.9 Å². The normalized spacial score (nSPS) is 12.7. The minimum atomic E-state index is -0.588. The Bertz CT molecular complexity index is 909. The minimum Gasteiger partial charge on any atom is -0.497 e. The summed E-state index contributed by atoms with van der Waals surface area (Å²) in [6, 6.07) is 18.0. The zero-order valence-corrected chi connectivity index (χ0v) is 17.5. The van der Waals surface area contributed by atoms with Gasteiger partial charge in [-0.1, -0.05) is 30.3 Å². The van der Waals surface area contributed by atoms with E-state index in [1.54, 1.807) is 25.5 Å². The fraction of sp³-hybridized carbons (Fsp3) is 0.318. The summed E-state index contributed by atoms with van der Waals surface area (Å²) in [6.45, 7) is 2.06. The number of hydrogen-bond acceptors (Lipinski definition) is 5. The molecule has 0 fully saturated rings. The van der Waals surface area contributed by atoms with Gasteiger partial charge in [-0.3, -0.25) is 4.99 Å². The molecule has 2 aromatic carbocycles. The van der Waals surface area contributed by atoms with Gasteiger partial charge in [0, 0.05) is 29.7 Å². The zero-order valence-electron chi connectivity index (χ0n) is 16.7. The number of nitrogens with zero attached hydrogens (tertiary/aromatic N) is 1. The molecule has 0 amide bonds. The lowest BCUT2D eigenvalue weighted by Gasteiger charge is -2.14. The van der Waals surface area contributed by atoms with Crippen LogP contribution in [0.15, 0.2) is 59.6 Å². The molecule has 0 spiro atoms. The number of thiophene rings is 1. The fourth-order valence-electron chi connectivity index (χ4n) is 2.88. The van der Waals surface area contributed by atoms with Crippen LogP contribution in [0.3, 0.4) is 0 Å². The van der Waals surface area contributed by atoms with Crippen LogP contribution in [-0.4, -0.2) is 44.9 Å². The van der Waals surface area contributed by atoms with Crippen molar-refractivity contribution >= 4 is 27.4 Å². The van der Waals surface area contributed by atoms with Crippen molar-refractivity contribution < 1.29 is 14.6 Å². The van der Waals surface area contributed by atoms with E-state index in [1.807, 2.05) is 42.5 Å². The van der Waals surface area contributed by atoms with E-state index in [0.29, 0.717) is 32.3 Å². The number of benzene rings is 2. The van der Waals surface area contributed by atoms with Gasteiger partial charge in [0.25, 0.3) is 0 Å². The van der Waals surface area contributed by atoms with E-state index in [9.17, 15) is 5.11 Å². The molecule has 7 heteroatoms. The first-order valence-electron chi connectivity index (χ1n) is 9.51. The molecule has 0 saturated carbocycles. The Balaban J connectivity index is 1.37. The first-order chi connectivity index (χ1) is 14.2. The Hall–Kier alpha value is -2.61. The van der Waals surface area contributed by atoms with E-state index in [1.165, 1.54) is 4.70 Å². The highest BCUT2D eigenvalue weighted by atomic mass is 32.1. The molecule has 0 saturated heterocycles. The van der Waals surface area contributed by atoms with Crippen LogP contribution in [0.25, 0.3) is 10.1 Å². The smallest absolute Gasteiger partial charge is 0.191 e. The molecule has 1 atom stereocenters. The molecule has 1 aromatic heterocycles. The number of guanidine groups is 1. The van der Waals surface area contributed by atoms with Crippen molar-refractivity contribution in [3.8, 4) is 5.75 Å². The Morgan fingerprint density at radius 2 is 2.00 bits per heavy atom. The molecule has 3 aromatic rings. The Labute approximate surface area is 175 Å². The molecule has 0 aliphatic heterocycles. The van der Waals surface area contributed by atoms with E-state index >= 15 is 0 Å². The van der Waals surface area contributed by atoms with Crippen LogP contribution in [0.5, 0.6) is 5.75 Å². The third-order valence-electron chi connectivity index (χ3n) is 4.40. The molecule has 29 heavy (non-hydrogen) atoms. The summed E-state index contributed by atoms with van der Waals surface area (Å²) < 4.78 is 12.1. The van der Waals surface area contributed by atoms with E-state index < -0.39 is 6.10 Å². The lowest BCUT2D eigenvalue weighted by molar-refractivity contribution is 0.125. The van der Waals surface area contributed by atoms with Crippen molar-refractivity contribution in [3.05, 3.63) is 65.0 Å².